The molecule has 1 aliphatic rings. The fourth-order valence-corrected chi connectivity index (χ4v) is 2.90. The number of aromatic hydroxyl groups is 1. The maximum Gasteiger partial charge on any atom is 0.123 e. The Bertz CT molecular complexity index is 396. The highest BCUT2D eigenvalue weighted by Crippen LogP contribution is 2.41. The van der Waals surface area contributed by atoms with Gasteiger partial charge in [0.2, 0.25) is 0 Å². The molecule has 3 heteroatoms. The van der Waals surface area contributed by atoms with Crippen molar-refractivity contribution >= 4 is 11.6 Å². The molecule has 1 saturated heterocycles. The van der Waals surface area contributed by atoms with Gasteiger partial charge in [0.1, 0.15) is 5.75 Å². The molecule has 0 aliphatic carbocycles. The van der Waals surface area contributed by atoms with Crippen LogP contribution in [0.15, 0.2) is 6.07 Å². The number of hydrogen-bond donors (Lipinski definition) is 2. The van der Waals surface area contributed by atoms with E-state index in [2.05, 4.69) is 12.2 Å². The van der Waals surface area contributed by atoms with Crippen LogP contribution in [0.4, 0.5) is 0 Å². The van der Waals surface area contributed by atoms with Gasteiger partial charge in [0.15, 0.2) is 0 Å². The van der Waals surface area contributed by atoms with Crippen LogP contribution in [-0.4, -0.2) is 11.7 Å². The third-order valence-electron chi connectivity index (χ3n) is 3.61. The van der Waals surface area contributed by atoms with Gasteiger partial charge in [-0.15, -0.1) is 0 Å². The van der Waals surface area contributed by atoms with Gasteiger partial charge in [0.25, 0.3) is 0 Å². The normalized spacial score (nSPS) is 25.0. The van der Waals surface area contributed by atoms with Crippen molar-refractivity contribution in [1.29, 1.82) is 0 Å². The summed E-state index contributed by atoms with van der Waals surface area (Å²) in [6.07, 6.45) is 2.18. The van der Waals surface area contributed by atoms with Crippen molar-refractivity contribution in [3.8, 4) is 5.75 Å². The fourth-order valence-electron chi connectivity index (χ4n) is 2.64. The maximum absolute atomic E-state index is 10.2. The molecule has 0 radical (unpaired) electrons. The van der Waals surface area contributed by atoms with Crippen LogP contribution in [0.2, 0.25) is 5.02 Å². The Labute approximate surface area is 102 Å². The van der Waals surface area contributed by atoms with Gasteiger partial charge in [-0.2, -0.15) is 0 Å². The molecule has 1 fully saturated rings. The van der Waals surface area contributed by atoms with Crippen LogP contribution in [0.3, 0.4) is 0 Å². The van der Waals surface area contributed by atoms with Gasteiger partial charge >= 0.3 is 0 Å². The summed E-state index contributed by atoms with van der Waals surface area (Å²) in [6, 6.07) is 1.83. The molecule has 1 heterocycles. The molecule has 1 aromatic carbocycles. The summed E-state index contributed by atoms with van der Waals surface area (Å²) in [7, 11) is 0. The Morgan fingerprint density at radius 1 is 1.44 bits per heavy atom. The Kier molecular flexibility index (Phi) is 2.89. The fraction of sp³-hybridized carbons (Fsp3) is 0.538. The van der Waals surface area contributed by atoms with Gasteiger partial charge in [0, 0.05) is 16.1 Å². The smallest absolute Gasteiger partial charge is 0.123 e. The molecule has 0 bridgehead atoms. The van der Waals surface area contributed by atoms with Gasteiger partial charge in [0.05, 0.1) is 0 Å². The van der Waals surface area contributed by atoms with E-state index in [1.165, 1.54) is 0 Å². The van der Waals surface area contributed by atoms with Crippen molar-refractivity contribution in [3.63, 3.8) is 0 Å². The average Bonchev–Trinajstić information content (AvgIpc) is 2.63. The molecule has 0 spiro atoms. The molecular weight excluding hydrogens is 222 g/mol. The summed E-state index contributed by atoms with van der Waals surface area (Å²) in [5.41, 5.74) is 2.67. The van der Waals surface area contributed by atoms with E-state index in [-0.39, 0.29) is 5.54 Å². The number of nitrogens with one attached hydrogen (secondary N) is 1. The lowest BCUT2D eigenvalue weighted by Crippen LogP contribution is -2.34. The van der Waals surface area contributed by atoms with Crippen molar-refractivity contribution in [1.82, 2.24) is 5.32 Å². The van der Waals surface area contributed by atoms with E-state index < -0.39 is 0 Å². The molecule has 1 aliphatic heterocycles. The van der Waals surface area contributed by atoms with E-state index in [0.717, 1.165) is 41.1 Å². The van der Waals surface area contributed by atoms with Crippen molar-refractivity contribution in [2.24, 2.45) is 0 Å². The van der Waals surface area contributed by atoms with Crippen molar-refractivity contribution < 1.29 is 5.11 Å². The summed E-state index contributed by atoms with van der Waals surface area (Å²) in [4.78, 5) is 0. The Balaban J connectivity index is 2.63. The Morgan fingerprint density at radius 3 is 2.69 bits per heavy atom. The summed E-state index contributed by atoms with van der Waals surface area (Å²) in [5.74, 6) is 0.388. The van der Waals surface area contributed by atoms with Crippen LogP contribution in [-0.2, 0) is 5.54 Å². The van der Waals surface area contributed by atoms with Crippen LogP contribution >= 0.6 is 11.6 Å². The first-order chi connectivity index (χ1) is 7.46. The SMILES string of the molecule is Cc1cc(Cl)c(C)c(C2(C)CCCN2)c1O. The zero-order valence-corrected chi connectivity index (χ0v) is 10.8. The summed E-state index contributed by atoms with van der Waals surface area (Å²) in [6.45, 7) is 7.00. The number of benzene rings is 1. The zero-order valence-electron chi connectivity index (χ0n) is 10.0. The van der Waals surface area contributed by atoms with E-state index in [1.807, 2.05) is 19.9 Å². The van der Waals surface area contributed by atoms with Crippen LogP contribution < -0.4 is 5.32 Å². The molecule has 16 heavy (non-hydrogen) atoms. The molecule has 1 atom stereocenters. The Hall–Kier alpha value is -0.730. The van der Waals surface area contributed by atoms with Gasteiger partial charge in [-0.1, -0.05) is 11.6 Å². The summed E-state index contributed by atoms with van der Waals surface area (Å²) >= 11 is 6.19. The number of aryl methyl sites for hydroxylation is 1. The largest absolute Gasteiger partial charge is 0.507 e. The maximum atomic E-state index is 10.2. The summed E-state index contributed by atoms with van der Waals surface area (Å²) < 4.78 is 0. The number of hydrogen-bond acceptors (Lipinski definition) is 2. The third kappa shape index (κ3) is 1.70. The minimum Gasteiger partial charge on any atom is -0.507 e. The molecule has 1 aromatic rings. The van der Waals surface area contributed by atoms with E-state index in [9.17, 15) is 5.11 Å². The van der Waals surface area contributed by atoms with Crippen LogP contribution in [0.1, 0.15) is 36.5 Å². The monoisotopic (exact) mass is 239 g/mol. The van der Waals surface area contributed by atoms with E-state index >= 15 is 0 Å². The predicted octanol–water partition coefficient (Wildman–Crippen LogP) is 3.26. The van der Waals surface area contributed by atoms with Gasteiger partial charge in [-0.25, -0.2) is 0 Å². The molecule has 2 nitrogen and oxygen atoms in total. The molecular formula is C13H18ClNO. The van der Waals surface area contributed by atoms with Crippen LogP contribution in [0, 0.1) is 13.8 Å². The second-order valence-electron chi connectivity index (χ2n) is 4.89. The second-order valence-corrected chi connectivity index (χ2v) is 5.29. The van der Waals surface area contributed by atoms with Crippen molar-refractivity contribution in [3.05, 3.63) is 27.8 Å². The first-order valence-electron chi connectivity index (χ1n) is 5.70. The standard InChI is InChI=1S/C13H18ClNO/c1-8-7-10(14)9(2)11(12(8)16)13(3)5-4-6-15-13/h7,15-16H,4-6H2,1-3H3. The first kappa shape index (κ1) is 11.7. The highest BCUT2D eigenvalue weighted by atomic mass is 35.5. The number of phenolic OH excluding ortho intramolecular Hbond substituents is 1. The topological polar surface area (TPSA) is 32.3 Å². The van der Waals surface area contributed by atoms with Crippen LogP contribution in [0.5, 0.6) is 5.75 Å². The Morgan fingerprint density at radius 2 is 2.12 bits per heavy atom. The lowest BCUT2D eigenvalue weighted by Gasteiger charge is -2.29. The average molecular weight is 240 g/mol. The van der Waals surface area contributed by atoms with E-state index in [4.69, 9.17) is 11.6 Å². The number of phenols is 1. The van der Waals surface area contributed by atoms with Crippen LogP contribution in [0.25, 0.3) is 0 Å². The molecule has 2 rings (SSSR count). The molecule has 1 unspecified atom stereocenters. The minimum absolute atomic E-state index is 0.135. The predicted molar refractivity (Wildman–Crippen MR) is 67.2 cm³/mol. The van der Waals surface area contributed by atoms with Crippen molar-refractivity contribution in [2.45, 2.75) is 39.2 Å². The van der Waals surface area contributed by atoms with Gasteiger partial charge in [-0.05, 0) is 57.4 Å². The first-order valence-corrected chi connectivity index (χ1v) is 6.08. The van der Waals surface area contributed by atoms with E-state index in [0.29, 0.717) is 5.75 Å². The molecule has 2 N–H and O–H groups in total. The zero-order chi connectivity index (χ0) is 11.9. The number of rotatable bonds is 1. The third-order valence-corrected chi connectivity index (χ3v) is 4.00. The summed E-state index contributed by atoms with van der Waals surface area (Å²) in [5, 5.41) is 14.4. The molecule has 0 saturated carbocycles. The molecule has 88 valence electrons. The van der Waals surface area contributed by atoms with Gasteiger partial charge < -0.3 is 10.4 Å². The van der Waals surface area contributed by atoms with Gasteiger partial charge in [-0.3, -0.25) is 0 Å². The lowest BCUT2D eigenvalue weighted by molar-refractivity contribution is 0.390. The second kappa shape index (κ2) is 3.94. The van der Waals surface area contributed by atoms with E-state index in [1.54, 1.807) is 0 Å². The highest BCUT2D eigenvalue weighted by Gasteiger charge is 2.34. The quantitative estimate of drug-likeness (QED) is 0.789. The molecule has 0 aromatic heterocycles. The lowest BCUT2D eigenvalue weighted by atomic mass is 9.85. The minimum atomic E-state index is -0.135. The number of halogens is 1. The van der Waals surface area contributed by atoms with Crippen molar-refractivity contribution in [2.75, 3.05) is 6.54 Å². The molecule has 0 amide bonds. The highest BCUT2D eigenvalue weighted by molar-refractivity contribution is 6.31.